The lowest BCUT2D eigenvalue weighted by molar-refractivity contribution is -0.121. The summed E-state index contributed by atoms with van der Waals surface area (Å²) < 4.78 is 5.24. The highest BCUT2D eigenvalue weighted by atomic mass is 32.1. The Bertz CT molecular complexity index is 844. The quantitative estimate of drug-likeness (QED) is 0.775. The van der Waals surface area contributed by atoms with Crippen molar-refractivity contribution in [2.75, 3.05) is 30.8 Å². The van der Waals surface area contributed by atoms with E-state index >= 15 is 0 Å². The smallest absolute Gasteiger partial charge is 0.227 e. The Morgan fingerprint density at radius 3 is 2.61 bits per heavy atom. The molecule has 8 heteroatoms. The number of hydrogen-bond acceptors (Lipinski definition) is 6. The summed E-state index contributed by atoms with van der Waals surface area (Å²) in [6.45, 7) is 6.02. The molecule has 1 saturated heterocycles. The van der Waals surface area contributed by atoms with Crippen molar-refractivity contribution in [3.63, 3.8) is 0 Å². The number of aryl methyl sites for hydroxylation is 1. The van der Waals surface area contributed by atoms with Gasteiger partial charge in [0.1, 0.15) is 5.75 Å². The van der Waals surface area contributed by atoms with Gasteiger partial charge < -0.3 is 15.4 Å². The molecule has 1 aromatic heterocycles. The van der Waals surface area contributed by atoms with Gasteiger partial charge in [0, 0.05) is 30.8 Å². The van der Waals surface area contributed by atoms with Crippen LogP contribution >= 0.6 is 11.3 Å². The van der Waals surface area contributed by atoms with Crippen molar-refractivity contribution in [1.82, 2.24) is 9.88 Å². The van der Waals surface area contributed by atoms with Crippen LogP contribution in [0.1, 0.15) is 30.5 Å². The molecule has 0 spiro atoms. The van der Waals surface area contributed by atoms with Gasteiger partial charge in [-0.25, -0.2) is 4.98 Å². The molecule has 0 bridgehead atoms. The number of anilines is 2. The molecule has 1 aliphatic heterocycles. The second-order valence-corrected chi connectivity index (χ2v) is 8.05. The van der Waals surface area contributed by atoms with Crippen LogP contribution in [0.3, 0.4) is 0 Å². The van der Waals surface area contributed by atoms with Gasteiger partial charge in [0.25, 0.3) is 0 Å². The third-order valence-corrected chi connectivity index (χ3v) is 5.63. The summed E-state index contributed by atoms with van der Waals surface area (Å²) in [5.41, 5.74) is 2.22. The molecule has 1 aromatic carbocycles. The molecule has 2 aromatic rings. The number of rotatable bonds is 6. The number of nitrogens with zero attached hydrogens (tertiary/aromatic N) is 2. The number of aromatic nitrogens is 1. The van der Waals surface area contributed by atoms with Crippen LogP contribution in [-0.4, -0.2) is 41.9 Å². The van der Waals surface area contributed by atoms with Gasteiger partial charge in [-0.15, -0.1) is 11.3 Å². The fourth-order valence-electron chi connectivity index (χ4n) is 3.35. The number of thiazole rings is 1. The summed E-state index contributed by atoms with van der Waals surface area (Å²) in [6.07, 6.45) is 1.60. The molecule has 0 saturated carbocycles. The van der Waals surface area contributed by atoms with E-state index in [-0.39, 0.29) is 17.7 Å². The van der Waals surface area contributed by atoms with E-state index in [0.717, 1.165) is 43.2 Å². The first-order valence-corrected chi connectivity index (χ1v) is 10.2. The van der Waals surface area contributed by atoms with Crippen molar-refractivity contribution < 1.29 is 14.3 Å². The second-order valence-electron chi connectivity index (χ2n) is 6.99. The summed E-state index contributed by atoms with van der Waals surface area (Å²) in [6, 6.07) is 5.21. The maximum atomic E-state index is 12.8. The van der Waals surface area contributed by atoms with Gasteiger partial charge in [-0.2, -0.15) is 0 Å². The van der Waals surface area contributed by atoms with E-state index in [4.69, 9.17) is 4.74 Å². The predicted octanol–water partition coefficient (Wildman–Crippen LogP) is 3.27. The molecule has 7 nitrogen and oxygen atoms in total. The van der Waals surface area contributed by atoms with E-state index in [9.17, 15) is 9.59 Å². The van der Waals surface area contributed by atoms with E-state index in [2.05, 4.69) is 25.9 Å². The third kappa shape index (κ3) is 5.30. The number of hydrogen-bond donors (Lipinski definition) is 2. The van der Waals surface area contributed by atoms with E-state index < -0.39 is 0 Å². The highest BCUT2D eigenvalue weighted by molar-refractivity contribution is 7.09. The van der Waals surface area contributed by atoms with Gasteiger partial charge in [0.15, 0.2) is 0 Å². The molecule has 1 fully saturated rings. The molecule has 28 heavy (non-hydrogen) atoms. The molecule has 2 heterocycles. The number of benzene rings is 1. The van der Waals surface area contributed by atoms with Crippen molar-refractivity contribution in [1.29, 1.82) is 0 Å². The third-order valence-electron chi connectivity index (χ3n) is 4.81. The normalized spacial score (nSPS) is 15.2. The molecular formula is C20H26N4O3S. The zero-order valence-electron chi connectivity index (χ0n) is 16.4. The lowest BCUT2D eigenvalue weighted by Crippen LogP contribution is -2.37. The van der Waals surface area contributed by atoms with Crippen molar-refractivity contribution in [2.24, 2.45) is 5.92 Å². The van der Waals surface area contributed by atoms with Crippen LogP contribution in [0.15, 0.2) is 23.6 Å². The Kier molecular flexibility index (Phi) is 6.64. The number of piperidine rings is 1. The number of nitrogens with one attached hydrogen (secondary N) is 2. The number of methoxy groups -OCH3 is 1. The molecule has 0 radical (unpaired) electrons. The number of amides is 2. The molecule has 2 N–H and O–H groups in total. The molecule has 150 valence electrons. The van der Waals surface area contributed by atoms with Crippen LogP contribution in [0.4, 0.5) is 11.4 Å². The fraction of sp³-hybridized carbons (Fsp3) is 0.450. The fourth-order valence-corrected chi connectivity index (χ4v) is 3.95. The Hall–Kier alpha value is -2.45. The monoisotopic (exact) mass is 402 g/mol. The van der Waals surface area contributed by atoms with Crippen molar-refractivity contribution in [3.8, 4) is 5.75 Å². The molecular weight excluding hydrogens is 376 g/mol. The summed E-state index contributed by atoms with van der Waals surface area (Å²) in [4.78, 5) is 31.1. The maximum Gasteiger partial charge on any atom is 0.227 e. The Morgan fingerprint density at radius 2 is 2.00 bits per heavy atom. The average molecular weight is 403 g/mol. The molecule has 2 amide bonds. The molecule has 3 rings (SSSR count). The lowest BCUT2D eigenvalue weighted by Gasteiger charge is -2.30. The van der Waals surface area contributed by atoms with Crippen molar-refractivity contribution >= 4 is 34.5 Å². The number of carbonyl (C=O) groups excluding carboxylic acids is 2. The molecule has 0 unspecified atom stereocenters. The maximum absolute atomic E-state index is 12.8. The van der Waals surface area contributed by atoms with Crippen molar-refractivity contribution in [3.05, 3.63) is 34.3 Å². The highest BCUT2D eigenvalue weighted by Crippen LogP contribution is 2.29. The van der Waals surface area contributed by atoms with E-state index in [1.54, 1.807) is 36.6 Å². The largest absolute Gasteiger partial charge is 0.497 e. The minimum atomic E-state index is -0.189. The average Bonchev–Trinajstić information content (AvgIpc) is 3.08. The SMILES string of the molecule is COc1ccc(NC(C)=O)c(NC(=O)C2CCN(Cc3csc(C)n3)CC2)c1. The number of ether oxygens (including phenoxy) is 1. The van der Waals surface area contributed by atoms with Gasteiger partial charge in [0.2, 0.25) is 11.8 Å². The van der Waals surface area contributed by atoms with Gasteiger partial charge in [-0.3, -0.25) is 14.5 Å². The van der Waals surface area contributed by atoms with Gasteiger partial charge in [0.05, 0.1) is 29.2 Å². The van der Waals surface area contributed by atoms with Crippen LogP contribution < -0.4 is 15.4 Å². The van der Waals surface area contributed by atoms with Crippen molar-refractivity contribution in [2.45, 2.75) is 33.2 Å². The lowest BCUT2D eigenvalue weighted by atomic mass is 9.95. The second kappa shape index (κ2) is 9.16. The molecule has 0 aliphatic carbocycles. The molecule has 0 atom stereocenters. The van der Waals surface area contributed by atoms with E-state index in [1.165, 1.54) is 6.92 Å². The number of likely N-dealkylation sites (tertiary alicyclic amines) is 1. The predicted molar refractivity (Wildman–Crippen MR) is 111 cm³/mol. The van der Waals surface area contributed by atoms with Gasteiger partial charge in [-0.05, 0) is 45.0 Å². The van der Waals surface area contributed by atoms with Crippen LogP contribution in [0, 0.1) is 12.8 Å². The van der Waals surface area contributed by atoms with E-state index in [1.807, 2.05) is 6.92 Å². The summed E-state index contributed by atoms with van der Waals surface area (Å²) in [5.74, 6) is 0.359. The minimum absolute atomic E-state index is 0.0241. The van der Waals surface area contributed by atoms with Crippen LogP contribution in [0.2, 0.25) is 0 Å². The zero-order chi connectivity index (χ0) is 20.1. The van der Waals surface area contributed by atoms with Gasteiger partial charge >= 0.3 is 0 Å². The Morgan fingerprint density at radius 1 is 1.25 bits per heavy atom. The zero-order valence-corrected chi connectivity index (χ0v) is 17.3. The highest BCUT2D eigenvalue weighted by Gasteiger charge is 2.26. The van der Waals surface area contributed by atoms with Crippen LogP contribution in [0.5, 0.6) is 5.75 Å². The Labute approximate surface area is 169 Å². The van der Waals surface area contributed by atoms with E-state index in [0.29, 0.717) is 17.1 Å². The summed E-state index contributed by atoms with van der Waals surface area (Å²) in [7, 11) is 1.57. The standard InChI is InChI=1S/C20H26N4O3S/c1-13(25)21-18-5-4-17(27-3)10-19(18)23-20(26)15-6-8-24(9-7-15)11-16-12-28-14(2)22-16/h4-5,10,12,15H,6-9,11H2,1-3H3,(H,21,25)(H,23,26). The number of carbonyl (C=O) groups is 2. The Balaban J connectivity index is 1.59. The summed E-state index contributed by atoms with van der Waals surface area (Å²) >= 11 is 1.67. The first kappa shape index (κ1) is 20.3. The van der Waals surface area contributed by atoms with Crippen LogP contribution in [-0.2, 0) is 16.1 Å². The topological polar surface area (TPSA) is 83.6 Å². The first-order valence-electron chi connectivity index (χ1n) is 9.34. The minimum Gasteiger partial charge on any atom is -0.497 e. The van der Waals surface area contributed by atoms with Crippen LogP contribution in [0.25, 0.3) is 0 Å². The molecule has 1 aliphatic rings. The van der Waals surface area contributed by atoms with Gasteiger partial charge in [-0.1, -0.05) is 0 Å². The first-order chi connectivity index (χ1) is 13.4. The summed E-state index contributed by atoms with van der Waals surface area (Å²) in [5, 5.41) is 8.89.